The molecule has 0 unspecified atom stereocenters. The van der Waals surface area contributed by atoms with Crippen LogP contribution in [-0.4, -0.2) is 22.5 Å². The minimum absolute atomic E-state index is 0.0944. The molecule has 0 aliphatic heterocycles. The molecule has 0 saturated heterocycles. The highest BCUT2D eigenvalue weighted by atomic mass is 32.1. The van der Waals surface area contributed by atoms with Crippen LogP contribution in [-0.2, 0) is 11.2 Å². The van der Waals surface area contributed by atoms with Crippen LogP contribution in [0.3, 0.4) is 0 Å². The first-order valence-electron chi connectivity index (χ1n) is 7.20. The van der Waals surface area contributed by atoms with Crippen LogP contribution in [0.15, 0.2) is 35.7 Å². The number of benzene rings is 1. The summed E-state index contributed by atoms with van der Waals surface area (Å²) in [4.78, 5) is 28.0. The van der Waals surface area contributed by atoms with E-state index in [4.69, 9.17) is 0 Å². The highest BCUT2D eigenvalue weighted by Gasteiger charge is 2.15. The van der Waals surface area contributed by atoms with E-state index in [1.54, 1.807) is 17.5 Å². The van der Waals surface area contributed by atoms with Gasteiger partial charge in [0, 0.05) is 16.6 Å². The van der Waals surface area contributed by atoms with Crippen molar-refractivity contribution in [1.82, 2.24) is 10.3 Å². The lowest BCUT2D eigenvalue weighted by Crippen LogP contribution is -2.41. The maximum Gasteiger partial charge on any atom is 0.325 e. The SMILES string of the molecule is CC(C)(C)NC(=O)Cc1csc(NC(=O)Nc2ccccc2)n1. The van der Waals surface area contributed by atoms with Gasteiger partial charge in [0.15, 0.2) is 5.13 Å². The van der Waals surface area contributed by atoms with Gasteiger partial charge in [-0.1, -0.05) is 18.2 Å². The third-order valence-corrected chi connectivity index (χ3v) is 3.47. The van der Waals surface area contributed by atoms with Crippen LogP contribution in [0.5, 0.6) is 0 Å². The van der Waals surface area contributed by atoms with E-state index in [1.807, 2.05) is 39.0 Å². The first-order chi connectivity index (χ1) is 10.8. The molecule has 2 aromatic rings. The van der Waals surface area contributed by atoms with Crippen molar-refractivity contribution in [2.24, 2.45) is 0 Å². The third-order valence-electron chi connectivity index (χ3n) is 2.66. The number of carbonyl (C=O) groups is 2. The predicted molar refractivity (Wildman–Crippen MR) is 92.8 cm³/mol. The Bertz CT molecular complexity index is 677. The molecule has 7 heteroatoms. The van der Waals surface area contributed by atoms with Crippen LogP contribution < -0.4 is 16.0 Å². The topological polar surface area (TPSA) is 83.1 Å². The molecule has 0 aliphatic carbocycles. The summed E-state index contributed by atoms with van der Waals surface area (Å²) < 4.78 is 0. The number of thiazole rings is 1. The van der Waals surface area contributed by atoms with Gasteiger partial charge in [0.25, 0.3) is 0 Å². The Hall–Kier alpha value is -2.41. The molecule has 0 fully saturated rings. The first-order valence-corrected chi connectivity index (χ1v) is 8.08. The van der Waals surface area contributed by atoms with Crippen molar-refractivity contribution >= 4 is 34.1 Å². The molecule has 0 radical (unpaired) electrons. The number of para-hydroxylation sites is 1. The normalized spacial score (nSPS) is 10.9. The smallest absolute Gasteiger partial charge is 0.325 e. The molecule has 0 spiro atoms. The van der Waals surface area contributed by atoms with Crippen LogP contribution in [0, 0.1) is 0 Å². The standard InChI is InChI=1S/C16H20N4O2S/c1-16(2,3)20-13(21)9-12-10-23-15(18-12)19-14(22)17-11-7-5-4-6-8-11/h4-8,10H,9H2,1-3H3,(H,20,21)(H2,17,18,19,22). The molecule has 1 aromatic carbocycles. The van der Waals surface area contributed by atoms with Gasteiger partial charge < -0.3 is 10.6 Å². The summed E-state index contributed by atoms with van der Waals surface area (Å²) in [6.07, 6.45) is 0.190. The lowest BCUT2D eigenvalue weighted by atomic mass is 10.1. The Kier molecular flexibility index (Phi) is 5.33. The van der Waals surface area contributed by atoms with Gasteiger partial charge >= 0.3 is 6.03 Å². The number of amides is 3. The fourth-order valence-corrected chi connectivity index (χ4v) is 2.56. The van der Waals surface area contributed by atoms with E-state index in [-0.39, 0.29) is 23.9 Å². The molecule has 1 aromatic heterocycles. The molecule has 122 valence electrons. The predicted octanol–water partition coefficient (Wildman–Crippen LogP) is 3.24. The summed E-state index contributed by atoms with van der Waals surface area (Å²) in [5.41, 5.74) is 1.06. The maximum absolute atomic E-state index is 11.9. The van der Waals surface area contributed by atoms with Crippen molar-refractivity contribution in [1.29, 1.82) is 0 Å². The fraction of sp³-hybridized carbons (Fsp3) is 0.312. The zero-order chi connectivity index (χ0) is 16.9. The van der Waals surface area contributed by atoms with E-state index in [0.717, 1.165) is 0 Å². The Labute approximate surface area is 139 Å². The van der Waals surface area contributed by atoms with Crippen molar-refractivity contribution in [3.8, 4) is 0 Å². The summed E-state index contributed by atoms with van der Waals surface area (Å²) in [7, 11) is 0. The highest BCUT2D eigenvalue weighted by molar-refractivity contribution is 7.13. The van der Waals surface area contributed by atoms with Crippen LogP contribution in [0.1, 0.15) is 26.5 Å². The van der Waals surface area contributed by atoms with Crippen molar-refractivity contribution in [2.45, 2.75) is 32.7 Å². The molecular weight excluding hydrogens is 312 g/mol. The van der Waals surface area contributed by atoms with Gasteiger partial charge in [-0.05, 0) is 32.9 Å². The molecule has 0 bridgehead atoms. The second kappa shape index (κ2) is 7.23. The van der Waals surface area contributed by atoms with Crippen molar-refractivity contribution in [3.63, 3.8) is 0 Å². The van der Waals surface area contributed by atoms with Crippen molar-refractivity contribution in [3.05, 3.63) is 41.4 Å². The largest absolute Gasteiger partial charge is 0.351 e. The zero-order valence-corrected chi connectivity index (χ0v) is 14.2. The van der Waals surface area contributed by atoms with Gasteiger partial charge in [-0.2, -0.15) is 0 Å². The Morgan fingerprint density at radius 3 is 2.48 bits per heavy atom. The number of nitrogens with zero attached hydrogens (tertiary/aromatic N) is 1. The van der Waals surface area contributed by atoms with Crippen LogP contribution in [0.25, 0.3) is 0 Å². The molecule has 0 saturated carbocycles. The number of carbonyl (C=O) groups excluding carboxylic acids is 2. The second-order valence-electron chi connectivity index (χ2n) is 6.06. The summed E-state index contributed by atoms with van der Waals surface area (Å²) in [6.45, 7) is 5.77. The Balaban J connectivity index is 1.87. The summed E-state index contributed by atoms with van der Waals surface area (Å²) in [6, 6.07) is 8.78. The number of aromatic nitrogens is 1. The third kappa shape index (κ3) is 6.07. The summed E-state index contributed by atoms with van der Waals surface area (Å²) in [5.74, 6) is -0.0944. The number of anilines is 2. The lowest BCUT2D eigenvalue weighted by molar-refractivity contribution is -0.121. The quantitative estimate of drug-likeness (QED) is 0.803. The monoisotopic (exact) mass is 332 g/mol. The van der Waals surface area contributed by atoms with E-state index in [9.17, 15) is 9.59 Å². The van der Waals surface area contributed by atoms with E-state index in [2.05, 4.69) is 20.9 Å². The van der Waals surface area contributed by atoms with E-state index >= 15 is 0 Å². The number of urea groups is 1. The summed E-state index contributed by atoms with van der Waals surface area (Å²) in [5, 5.41) is 10.5. The van der Waals surface area contributed by atoms with Gasteiger partial charge in [-0.15, -0.1) is 11.3 Å². The van der Waals surface area contributed by atoms with Crippen molar-refractivity contribution < 1.29 is 9.59 Å². The van der Waals surface area contributed by atoms with Gasteiger partial charge in [0.1, 0.15) is 0 Å². The fourth-order valence-electron chi connectivity index (χ4n) is 1.85. The maximum atomic E-state index is 11.9. The van der Waals surface area contributed by atoms with Crippen LogP contribution in [0.4, 0.5) is 15.6 Å². The molecule has 1 heterocycles. The molecule has 3 N–H and O–H groups in total. The van der Waals surface area contributed by atoms with E-state index in [0.29, 0.717) is 16.5 Å². The molecule has 0 atom stereocenters. The Morgan fingerprint density at radius 2 is 1.83 bits per heavy atom. The second-order valence-corrected chi connectivity index (χ2v) is 6.92. The first kappa shape index (κ1) is 17.0. The van der Waals surface area contributed by atoms with Crippen LogP contribution >= 0.6 is 11.3 Å². The Morgan fingerprint density at radius 1 is 1.13 bits per heavy atom. The minimum atomic E-state index is -0.365. The molecular formula is C16H20N4O2S. The van der Waals surface area contributed by atoms with Gasteiger partial charge in [-0.25, -0.2) is 9.78 Å². The molecule has 3 amide bonds. The van der Waals surface area contributed by atoms with Gasteiger partial charge in [-0.3, -0.25) is 10.1 Å². The number of rotatable bonds is 4. The minimum Gasteiger partial charge on any atom is -0.351 e. The lowest BCUT2D eigenvalue weighted by Gasteiger charge is -2.20. The van der Waals surface area contributed by atoms with E-state index in [1.165, 1.54) is 11.3 Å². The molecule has 23 heavy (non-hydrogen) atoms. The highest BCUT2D eigenvalue weighted by Crippen LogP contribution is 2.16. The number of hydrogen-bond acceptors (Lipinski definition) is 4. The number of hydrogen-bond donors (Lipinski definition) is 3. The van der Waals surface area contributed by atoms with E-state index < -0.39 is 0 Å². The average molecular weight is 332 g/mol. The van der Waals surface area contributed by atoms with Crippen LogP contribution in [0.2, 0.25) is 0 Å². The molecule has 6 nitrogen and oxygen atoms in total. The zero-order valence-electron chi connectivity index (χ0n) is 13.3. The van der Waals surface area contributed by atoms with Gasteiger partial charge in [0.2, 0.25) is 5.91 Å². The molecule has 2 rings (SSSR count). The summed E-state index contributed by atoms with van der Waals surface area (Å²) >= 11 is 1.29. The van der Waals surface area contributed by atoms with Crippen molar-refractivity contribution in [2.75, 3.05) is 10.6 Å². The number of nitrogens with one attached hydrogen (secondary N) is 3. The molecule has 0 aliphatic rings. The van der Waals surface area contributed by atoms with Gasteiger partial charge in [0.05, 0.1) is 12.1 Å². The average Bonchev–Trinajstić information content (AvgIpc) is 2.84.